The summed E-state index contributed by atoms with van der Waals surface area (Å²) in [5.74, 6) is -0.906. The van der Waals surface area contributed by atoms with E-state index in [2.05, 4.69) is 4.90 Å². The highest BCUT2D eigenvalue weighted by Crippen LogP contribution is 2.18. The van der Waals surface area contributed by atoms with Gasteiger partial charge in [0.25, 0.3) is 0 Å². The van der Waals surface area contributed by atoms with Crippen LogP contribution >= 0.6 is 0 Å². The van der Waals surface area contributed by atoms with Crippen molar-refractivity contribution in [3.05, 3.63) is 35.4 Å². The maximum Gasteiger partial charge on any atom is 0.128 e. The average Bonchev–Trinajstić information content (AvgIpc) is 2.61. The van der Waals surface area contributed by atoms with Gasteiger partial charge in [0.05, 0.1) is 6.61 Å². The molecule has 5 heteroatoms. The first-order chi connectivity index (χ1) is 8.66. The summed E-state index contributed by atoms with van der Waals surface area (Å²) in [4.78, 5) is 2.13. The highest BCUT2D eigenvalue weighted by molar-refractivity contribution is 5.22. The maximum absolute atomic E-state index is 13.6. The number of ether oxygens (including phenoxy) is 1. The number of benzene rings is 1. The average molecular weight is 256 g/mol. The van der Waals surface area contributed by atoms with Crippen LogP contribution in [-0.4, -0.2) is 37.7 Å². The lowest BCUT2D eigenvalue weighted by Crippen LogP contribution is -2.34. The molecule has 0 spiro atoms. The Bertz CT molecular complexity index is 393. The largest absolute Gasteiger partial charge is 0.380 e. The third-order valence-corrected chi connectivity index (χ3v) is 3.13. The van der Waals surface area contributed by atoms with Gasteiger partial charge in [-0.1, -0.05) is 0 Å². The van der Waals surface area contributed by atoms with Gasteiger partial charge in [0, 0.05) is 37.8 Å². The Morgan fingerprint density at radius 1 is 1.28 bits per heavy atom. The van der Waals surface area contributed by atoms with Gasteiger partial charge in [0.15, 0.2) is 0 Å². The summed E-state index contributed by atoms with van der Waals surface area (Å²) in [6.45, 7) is 3.59. The predicted octanol–water partition coefficient (Wildman–Crippen LogP) is 1.69. The van der Waals surface area contributed by atoms with Crippen molar-refractivity contribution in [1.82, 2.24) is 4.90 Å². The van der Waals surface area contributed by atoms with Gasteiger partial charge >= 0.3 is 0 Å². The van der Waals surface area contributed by atoms with E-state index >= 15 is 0 Å². The van der Waals surface area contributed by atoms with Crippen LogP contribution in [-0.2, 0) is 4.74 Å². The number of halogens is 2. The van der Waals surface area contributed by atoms with Crippen LogP contribution in [0.3, 0.4) is 0 Å². The number of hydrogen-bond acceptors (Lipinski definition) is 3. The van der Waals surface area contributed by atoms with Crippen LogP contribution in [0.25, 0.3) is 0 Å². The van der Waals surface area contributed by atoms with Crippen LogP contribution < -0.4 is 5.73 Å². The van der Waals surface area contributed by atoms with E-state index < -0.39 is 17.7 Å². The summed E-state index contributed by atoms with van der Waals surface area (Å²) >= 11 is 0. The molecule has 3 nitrogen and oxygen atoms in total. The molecular formula is C13H18F2N2O. The van der Waals surface area contributed by atoms with E-state index in [9.17, 15) is 8.78 Å². The van der Waals surface area contributed by atoms with Gasteiger partial charge in [-0.05, 0) is 24.6 Å². The number of nitrogens with zero attached hydrogens (tertiary/aromatic N) is 1. The van der Waals surface area contributed by atoms with Crippen molar-refractivity contribution in [3.8, 4) is 0 Å². The maximum atomic E-state index is 13.6. The van der Waals surface area contributed by atoms with E-state index in [1.165, 1.54) is 6.07 Å². The molecule has 1 saturated heterocycles. The van der Waals surface area contributed by atoms with Crippen LogP contribution in [0.1, 0.15) is 18.0 Å². The monoisotopic (exact) mass is 256 g/mol. The quantitative estimate of drug-likeness (QED) is 0.894. The van der Waals surface area contributed by atoms with Gasteiger partial charge in [-0.15, -0.1) is 0 Å². The molecule has 100 valence electrons. The zero-order valence-electron chi connectivity index (χ0n) is 10.2. The van der Waals surface area contributed by atoms with E-state index in [-0.39, 0.29) is 5.56 Å². The fraction of sp³-hybridized carbons (Fsp3) is 0.538. The van der Waals surface area contributed by atoms with Gasteiger partial charge in [-0.25, -0.2) is 8.78 Å². The zero-order valence-corrected chi connectivity index (χ0v) is 10.2. The molecule has 0 radical (unpaired) electrons. The fourth-order valence-corrected chi connectivity index (χ4v) is 2.16. The second-order valence-corrected chi connectivity index (χ2v) is 4.54. The third kappa shape index (κ3) is 3.48. The minimum absolute atomic E-state index is 0.236. The van der Waals surface area contributed by atoms with Crippen LogP contribution in [0, 0.1) is 11.6 Å². The molecule has 0 amide bonds. The lowest BCUT2D eigenvalue weighted by molar-refractivity contribution is 0.140. The number of rotatable bonds is 3. The molecule has 1 heterocycles. The Kier molecular flexibility index (Phi) is 4.63. The first-order valence-corrected chi connectivity index (χ1v) is 6.17. The third-order valence-electron chi connectivity index (χ3n) is 3.13. The van der Waals surface area contributed by atoms with E-state index in [1.807, 2.05) is 0 Å². The molecule has 0 aliphatic carbocycles. The summed E-state index contributed by atoms with van der Waals surface area (Å²) in [7, 11) is 0. The molecule has 1 aromatic carbocycles. The topological polar surface area (TPSA) is 38.5 Å². The van der Waals surface area contributed by atoms with Gasteiger partial charge in [0.2, 0.25) is 0 Å². The Morgan fingerprint density at radius 3 is 2.94 bits per heavy atom. The normalized spacial score (nSPS) is 19.5. The molecule has 1 atom stereocenters. The molecule has 0 bridgehead atoms. The first kappa shape index (κ1) is 13.4. The first-order valence-electron chi connectivity index (χ1n) is 6.17. The summed E-state index contributed by atoms with van der Waals surface area (Å²) in [5.41, 5.74) is 6.19. The highest BCUT2D eigenvalue weighted by atomic mass is 19.1. The molecule has 1 unspecified atom stereocenters. The molecule has 2 rings (SSSR count). The van der Waals surface area contributed by atoms with Crippen molar-refractivity contribution in [2.24, 2.45) is 5.73 Å². The van der Waals surface area contributed by atoms with Crippen molar-refractivity contribution in [3.63, 3.8) is 0 Å². The van der Waals surface area contributed by atoms with Gasteiger partial charge < -0.3 is 10.5 Å². The van der Waals surface area contributed by atoms with Gasteiger partial charge in [0.1, 0.15) is 11.6 Å². The van der Waals surface area contributed by atoms with Crippen molar-refractivity contribution < 1.29 is 13.5 Å². The molecular weight excluding hydrogens is 238 g/mol. The molecule has 0 saturated carbocycles. The molecule has 1 aliphatic heterocycles. The highest BCUT2D eigenvalue weighted by Gasteiger charge is 2.17. The van der Waals surface area contributed by atoms with Crippen LogP contribution in [0.15, 0.2) is 18.2 Å². The summed E-state index contributed by atoms with van der Waals surface area (Å²) in [5, 5.41) is 0. The van der Waals surface area contributed by atoms with E-state index in [1.54, 1.807) is 0 Å². The smallest absolute Gasteiger partial charge is 0.128 e. The zero-order chi connectivity index (χ0) is 13.0. The lowest BCUT2D eigenvalue weighted by Gasteiger charge is -2.23. The molecule has 18 heavy (non-hydrogen) atoms. The number of hydrogen-bond donors (Lipinski definition) is 1. The lowest BCUT2D eigenvalue weighted by atomic mass is 10.1. The number of nitrogens with two attached hydrogens (primary N) is 1. The molecule has 2 N–H and O–H groups in total. The minimum Gasteiger partial charge on any atom is -0.380 e. The standard InChI is InChI=1S/C13H18F2N2O/c14-10-2-3-12(15)11(8-10)13(16)9-17-4-1-6-18-7-5-17/h2-3,8,13H,1,4-7,9,16H2. The van der Waals surface area contributed by atoms with Crippen LogP contribution in [0.5, 0.6) is 0 Å². The minimum atomic E-state index is -0.515. The van der Waals surface area contributed by atoms with E-state index in [4.69, 9.17) is 10.5 Å². The Hall–Kier alpha value is -1.04. The van der Waals surface area contributed by atoms with Crippen LogP contribution in [0.4, 0.5) is 8.78 Å². The van der Waals surface area contributed by atoms with Crippen molar-refractivity contribution in [1.29, 1.82) is 0 Å². The predicted molar refractivity (Wildman–Crippen MR) is 65.2 cm³/mol. The summed E-state index contributed by atoms with van der Waals surface area (Å²) in [6, 6.07) is 2.88. The van der Waals surface area contributed by atoms with Crippen LogP contribution in [0.2, 0.25) is 0 Å². The van der Waals surface area contributed by atoms with Gasteiger partial charge in [-0.3, -0.25) is 4.90 Å². The molecule has 1 aromatic rings. The molecule has 1 fully saturated rings. The van der Waals surface area contributed by atoms with Gasteiger partial charge in [-0.2, -0.15) is 0 Å². The molecule has 0 aromatic heterocycles. The van der Waals surface area contributed by atoms with E-state index in [0.717, 1.165) is 38.2 Å². The van der Waals surface area contributed by atoms with Crippen molar-refractivity contribution >= 4 is 0 Å². The summed E-state index contributed by atoms with van der Waals surface area (Å²) < 4.78 is 32.0. The fourth-order valence-electron chi connectivity index (χ4n) is 2.16. The molecule has 1 aliphatic rings. The second kappa shape index (κ2) is 6.22. The SMILES string of the molecule is NC(CN1CCCOCC1)c1cc(F)ccc1F. The summed E-state index contributed by atoms with van der Waals surface area (Å²) in [6.07, 6.45) is 0.943. The second-order valence-electron chi connectivity index (χ2n) is 4.54. The Morgan fingerprint density at radius 2 is 2.11 bits per heavy atom. The van der Waals surface area contributed by atoms with Crippen molar-refractivity contribution in [2.45, 2.75) is 12.5 Å². The van der Waals surface area contributed by atoms with Crippen molar-refractivity contribution in [2.75, 3.05) is 32.8 Å². The van der Waals surface area contributed by atoms with E-state index in [0.29, 0.717) is 13.2 Å². The Balaban J connectivity index is 2.01. The Labute approximate surface area is 106 Å².